The maximum atomic E-state index is 12.0. The highest BCUT2D eigenvalue weighted by atomic mass is 16.6. The Labute approximate surface area is 322 Å². The van der Waals surface area contributed by atoms with Gasteiger partial charge in [0.05, 0.1) is 5.41 Å². The van der Waals surface area contributed by atoms with Crippen molar-refractivity contribution in [2.75, 3.05) is 26.4 Å². The van der Waals surface area contributed by atoms with Crippen molar-refractivity contribution in [2.45, 2.75) is 19.3 Å². The van der Waals surface area contributed by atoms with Crippen LogP contribution in [0.4, 0.5) is 0 Å². The highest BCUT2D eigenvalue weighted by Crippen LogP contribution is 2.57. The van der Waals surface area contributed by atoms with Gasteiger partial charge in [-0.15, -0.1) is 0 Å². The van der Waals surface area contributed by atoms with Gasteiger partial charge < -0.3 is 18.9 Å². The SMILES string of the molecule is C=C(C)C(=O)OCCOc1ccc(C2(c3ccc(OCCOC(=O)C(=C)C)c(-c4ccccc4)c3)c3ccccc3-c3ccccc32)cc1-c1ccccc1. The first-order chi connectivity index (χ1) is 26.8. The highest BCUT2D eigenvalue weighted by Gasteiger charge is 2.46. The summed E-state index contributed by atoms with van der Waals surface area (Å²) < 4.78 is 23.3. The molecule has 1 aliphatic carbocycles. The van der Waals surface area contributed by atoms with E-state index in [1.165, 1.54) is 11.1 Å². The van der Waals surface area contributed by atoms with Crippen molar-refractivity contribution in [2.24, 2.45) is 0 Å². The molecule has 7 rings (SSSR count). The van der Waals surface area contributed by atoms with Crippen LogP contribution >= 0.6 is 0 Å². The summed E-state index contributed by atoms with van der Waals surface area (Å²) in [7, 11) is 0. The second kappa shape index (κ2) is 16.1. The fourth-order valence-electron chi connectivity index (χ4n) is 7.31. The van der Waals surface area contributed by atoms with Crippen LogP contribution in [0.3, 0.4) is 0 Å². The summed E-state index contributed by atoms with van der Waals surface area (Å²) in [6.07, 6.45) is 0. The Morgan fingerprint density at radius 2 is 0.855 bits per heavy atom. The predicted molar refractivity (Wildman–Crippen MR) is 217 cm³/mol. The van der Waals surface area contributed by atoms with E-state index in [1.54, 1.807) is 13.8 Å². The number of hydrogen-bond acceptors (Lipinski definition) is 6. The van der Waals surface area contributed by atoms with Gasteiger partial charge in [0, 0.05) is 22.3 Å². The molecule has 0 saturated carbocycles. The topological polar surface area (TPSA) is 71.1 Å². The molecule has 0 unspecified atom stereocenters. The van der Waals surface area contributed by atoms with Crippen molar-refractivity contribution in [3.05, 3.63) is 192 Å². The van der Waals surface area contributed by atoms with Crippen LogP contribution < -0.4 is 9.47 Å². The van der Waals surface area contributed by atoms with Crippen molar-refractivity contribution < 1.29 is 28.5 Å². The van der Waals surface area contributed by atoms with Crippen LogP contribution in [-0.2, 0) is 24.5 Å². The molecule has 0 amide bonds. The van der Waals surface area contributed by atoms with Gasteiger partial charge in [-0.1, -0.05) is 134 Å². The second-order valence-corrected chi connectivity index (χ2v) is 13.5. The molecule has 0 aliphatic heterocycles. The van der Waals surface area contributed by atoms with Crippen LogP contribution in [0, 0.1) is 0 Å². The molecule has 0 atom stereocenters. The summed E-state index contributed by atoms with van der Waals surface area (Å²) in [5.74, 6) is 0.467. The minimum atomic E-state index is -0.731. The first kappa shape index (κ1) is 36.7. The van der Waals surface area contributed by atoms with Gasteiger partial charge in [0.1, 0.15) is 37.9 Å². The van der Waals surface area contributed by atoms with Crippen LogP contribution in [0.2, 0.25) is 0 Å². The molecule has 0 heterocycles. The lowest BCUT2D eigenvalue weighted by Gasteiger charge is -2.35. The van der Waals surface area contributed by atoms with Crippen molar-refractivity contribution in [1.29, 1.82) is 0 Å². The van der Waals surface area contributed by atoms with Gasteiger partial charge in [0.25, 0.3) is 0 Å². The molecule has 55 heavy (non-hydrogen) atoms. The molecular formula is C49H42O6. The van der Waals surface area contributed by atoms with Crippen molar-refractivity contribution >= 4 is 11.9 Å². The molecule has 6 heteroatoms. The summed E-state index contributed by atoms with van der Waals surface area (Å²) in [6.45, 7) is 11.1. The normalized spacial score (nSPS) is 12.2. The Balaban J connectivity index is 1.39. The molecule has 274 valence electrons. The third-order valence-corrected chi connectivity index (χ3v) is 9.79. The summed E-state index contributed by atoms with van der Waals surface area (Å²) in [5, 5.41) is 0. The summed E-state index contributed by atoms with van der Waals surface area (Å²) in [6, 6.07) is 50.3. The number of hydrogen-bond donors (Lipinski definition) is 0. The lowest BCUT2D eigenvalue weighted by Crippen LogP contribution is -2.29. The summed E-state index contributed by atoms with van der Waals surface area (Å²) in [5.41, 5.74) is 10.6. The predicted octanol–water partition coefficient (Wildman–Crippen LogP) is 10.4. The van der Waals surface area contributed by atoms with E-state index >= 15 is 0 Å². The number of esters is 2. The second-order valence-electron chi connectivity index (χ2n) is 13.5. The zero-order chi connectivity index (χ0) is 38.4. The van der Waals surface area contributed by atoms with E-state index < -0.39 is 17.4 Å². The number of benzene rings is 6. The zero-order valence-corrected chi connectivity index (χ0v) is 31.0. The Morgan fingerprint density at radius 1 is 0.473 bits per heavy atom. The van der Waals surface area contributed by atoms with Crippen molar-refractivity contribution in [1.82, 2.24) is 0 Å². The minimum absolute atomic E-state index is 0.0966. The van der Waals surface area contributed by atoms with Gasteiger partial charge in [0.15, 0.2) is 0 Å². The van der Waals surface area contributed by atoms with Crippen LogP contribution in [0.25, 0.3) is 33.4 Å². The Hall–Kier alpha value is -6.66. The zero-order valence-electron chi connectivity index (χ0n) is 31.0. The van der Waals surface area contributed by atoms with Crippen LogP contribution in [0.1, 0.15) is 36.1 Å². The van der Waals surface area contributed by atoms with Gasteiger partial charge in [-0.3, -0.25) is 0 Å². The molecule has 0 fully saturated rings. The summed E-state index contributed by atoms with van der Waals surface area (Å²) in [4.78, 5) is 24.1. The maximum Gasteiger partial charge on any atom is 0.333 e. The first-order valence-corrected chi connectivity index (χ1v) is 18.3. The van der Waals surface area contributed by atoms with E-state index in [1.807, 2.05) is 48.5 Å². The highest BCUT2D eigenvalue weighted by molar-refractivity contribution is 5.89. The van der Waals surface area contributed by atoms with Gasteiger partial charge in [-0.25, -0.2) is 9.59 Å². The van der Waals surface area contributed by atoms with Gasteiger partial charge in [-0.2, -0.15) is 0 Å². The van der Waals surface area contributed by atoms with Crippen LogP contribution in [0.5, 0.6) is 11.5 Å². The number of rotatable bonds is 14. The Morgan fingerprint density at radius 3 is 1.25 bits per heavy atom. The molecule has 6 nitrogen and oxygen atoms in total. The molecule has 6 aromatic rings. The molecule has 6 aromatic carbocycles. The minimum Gasteiger partial charge on any atom is -0.489 e. The first-order valence-electron chi connectivity index (χ1n) is 18.3. The third-order valence-electron chi connectivity index (χ3n) is 9.79. The molecule has 0 aromatic heterocycles. The Bertz CT molecular complexity index is 2210. The van der Waals surface area contributed by atoms with E-state index in [2.05, 4.69) is 110 Å². The molecule has 1 aliphatic rings. The number of fused-ring (bicyclic) bond motifs is 3. The van der Waals surface area contributed by atoms with E-state index in [-0.39, 0.29) is 26.4 Å². The average molecular weight is 727 g/mol. The van der Waals surface area contributed by atoms with Crippen LogP contribution in [-0.4, -0.2) is 38.4 Å². The summed E-state index contributed by atoms with van der Waals surface area (Å²) >= 11 is 0. The molecular weight excluding hydrogens is 685 g/mol. The lowest BCUT2D eigenvalue weighted by atomic mass is 9.67. The van der Waals surface area contributed by atoms with E-state index in [0.717, 1.165) is 44.5 Å². The monoisotopic (exact) mass is 726 g/mol. The molecule has 0 radical (unpaired) electrons. The van der Waals surface area contributed by atoms with Crippen molar-refractivity contribution in [3.8, 4) is 44.9 Å². The number of carbonyl (C=O) groups excluding carboxylic acids is 2. The molecule has 0 bridgehead atoms. The maximum absolute atomic E-state index is 12.0. The average Bonchev–Trinajstić information content (AvgIpc) is 3.52. The third kappa shape index (κ3) is 7.32. The van der Waals surface area contributed by atoms with Gasteiger partial charge in [0.2, 0.25) is 0 Å². The van der Waals surface area contributed by atoms with E-state index in [0.29, 0.717) is 22.6 Å². The molecule has 0 N–H and O–H groups in total. The van der Waals surface area contributed by atoms with Gasteiger partial charge >= 0.3 is 11.9 Å². The Kier molecular flexibility index (Phi) is 10.8. The van der Waals surface area contributed by atoms with E-state index in [9.17, 15) is 9.59 Å². The quantitative estimate of drug-likeness (QED) is 0.0631. The fourth-order valence-corrected chi connectivity index (χ4v) is 7.31. The largest absolute Gasteiger partial charge is 0.489 e. The standard InChI is InChI=1S/C49H42O6/c1-33(2)47(50)54-29-27-52-45-25-23-37(31-41(45)35-15-7-5-8-16-35)49(43-21-13-11-19-39(43)40-20-12-14-22-44(40)49)38-24-26-46(53-28-30-55-48(51)34(3)4)42(32-38)36-17-9-6-10-18-36/h5-26,31-32H,1,3,27-30H2,2,4H3. The van der Waals surface area contributed by atoms with Crippen molar-refractivity contribution in [3.63, 3.8) is 0 Å². The lowest BCUT2D eigenvalue weighted by molar-refractivity contribution is -0.140. The fraction of sp³-hybridized carbons (Fsp3) is 0.143. The molecule has 0 spiro atoms. The number of carbonyl (C=O) groups is 2. The van der Waals surface area contributed by atoms with Crippen LogP contribution in [0.15, 0.2) is 170 Å². The van der Waals surface area contributed by atoms with Gasteiger partial charge in [-0.05, 0) is 82.6 Å². The number of ether oxygens (including phenoxy) is 4. The smallest absolute Gasteiger partial charge is 0.333 e. The molecule has 0 saturated heterocycles. The van der Waals surface area contributed by atoms with E-state index in [4.69, 9.17) is 18.9 Å².